The van der Waals surface area contributed by atoms with Gasteiger partial charge in [0.15, 0.2) is 0 Å². The van der Waals surface area contributed by atoms with E-state index in [1.54, 1.807) is 24.3 Å². The van der Waals surface area contributed by atoms with Crippen molar-refractivity contribution in [2.75, 3.05) is 11.9 Å². The van der Waals surface area contributed by atoms with Crippen LogP contribution in [0.25, 0.3) is 0 Å². The lowest BCUT2D eigenvalue weighted by atomic mass is 10.3. The van der Waals surface area contributed by atoms with Crippen LogP contribution in [0, 0.1) is 0 Å². The van der Waals surface area contributed by atoms with Gasteiger partial charge in [0.2, 0.25) is 5.91 Å². The van der Waals surface area contributed by atoms with E-state index in [1.165, 1.54) is 6.92 Å². The monoisotopic (exact) mass is 251 g/mol. The Kier molecular flexibility index (Phi) is 5.70. The summed E-state index contributed by atoms with van der Waals surface area (Å²) in [5.41, 5.74) is 0.647. The maximum atomic E-state index is 11.2. The lowest BCUT2D eigenvalue weighted by Crippen LogP contribution is -2.11. The average molecular weight is 251 g/mol. The maximum absolute atomic E-state index is 11.2. The zero-order valence-corrected chi connectivity index (χ0v) is 10.6. The lowest BCUT2D eigenvalue weighted by molar-refractivity contribution is -0.114. The first kappa shape index (κ1) is 14.0. The predicted octanol–water partition coefficient (Wildman–Crippen LogP) is 2.96. The summed E-state index contributed by atoms with van der Waals surface area (Å²) in [6.07, 6.45) is 1.06. The largest absolute Gasteiger partial charge is 0.513 e. The standard InChI is InChI=1S/C13H17NO4/c1-3-4-9-17-13(16)18-12-7-5-11(6-8-12)14-10(2)15/h5-8H,3-4,9H2,1-2H3,(H,14,15). The van der Waals surface area contributed by atoms with Gasteiger partial charge >= 0.3 is 6.16 Å². The van der Waals surface area contributed by atoms with Crippen molar-refractivity contribution in [3.63, 3.8) is 0 Å². The van der Waals surface area contributed by atoms with Gasteiger partial charge in [0.1, 0.15) is 5.75 Å². The predicted molar refractivity (Wildman–Crippen MR) is 67.6 cm³/mol. The molecule has 0 spiro atoms. The van der Waals surface area contributed by atoms with E-state index >= 15 is 0 Å². The number of hydrogen-bond donors (Lipinski definition) is 1. The molecule has 0 aliphatic carbocycles. The second kappa shape index (κ2) is 7.32. The van der Waals surface area contributed by atoms with Crippen LogP contribution in [-0.4, -0.2) is 18.7 Å². The van der Waals surface area contributed by atoms with E-state index in [9.17, 15) is 9.59 Å². The molecule has 0 aliphatic heterocycles. The molecule has 1 aromatic rings. The number of hydrogen-bond acceptors (Lipinski definition) is 4. The zero-order valence-electron chi connectivity index (χ0n) is 10.6. The molecule has 5 heteroatoms. The average Bonchev–Trinajstić information content (AvgIpc) is 2.31. The molecule has 0 radical (unpaired) electrons. The molecule has 0 bridgehead atoms. The van der Waals surface area contributed by atoms with E-state index in [0.29, 0.717) is 18.0 Å². The number of nitrogens with one attached hydrogen (secondary N) is 1. The van der Waals surface area contributed by atoms with E-state index < -0.39 is 6.16 Å². The van der Waals surface area contributed by atoms with Gasteiger partial charge < -0.3 is 14.8 Å². The molecule has 18 heavy (non-hydrogen) atoms. The van der Waals surface area contributed by atoms with Crippen molar-refractivity contribution in [1.82, 2.24) is 0 Å². The van der Waals surface area contributed by atoms with E-state index in [-0.39, 0.29) is 5.91 Å². The summed E-state index contributed by atoms with van der Waals surface area (Å²) in [5.74, 6) is 0.230. The molecule has 98 valence electrons. The Balaban J connectivity index is 2.43. The topological polar surface area (TPSA) is 64.6 Å². The van der Waals surface area contributed by atoms with Crippen molar-refractivity contribution in [1.29, 1.82) is 0 Å². The number of carbonyl (C=O) groups excluding carboxylic acids is 2. The van der Waals surface area contributed by atoms with Crippen LogP contribution >= 0.6 is 0 Å². The van der Waals surface area contributed by atoms with E-state index in [4.69, 9.17) is 9.47 Å². The number of unbranched alkanes of at least 4 members (excludes halogenated alkanes) is 1. The van der Waals surface area contributed by atoms with Gasteiger partial charge in [-0.15, -0.1) is 0 Å². The van der Waals surface area contributed by atoms with E-state index in [0.717, 1.165) is 12.8 Å². The zero-order chi connectivity index (χ0) is 13.4. The third-order valence-corrected chi connectivity index (χ3v) is 2.09. The summed E-state index contributed by atoms with van der Waals surface area (Å²) >= 11 is 0. The van der Waals surface area contributed by atoms with E-state index in [1.807, 2.05) is 6.92 Å². The van der Waals surface area contributed by atoms with Crippen molar-refractivity contribution in [3.05, 3.63) is 24.3 Å². The second-order valence-corrected chi connectivity index (χ2v) is 3.76. The van der Waals surface area contributed by atoms with Crippen molar-refractivity contribution in [3.8, 4) is 5.75 Å². The number of benzene rings is 1. The van der Waals surface area contributed by atoms with Crippen LogP contribution in [0.2, 0.25) is 0 Å². The Morgan fingerprint density at radius 3 is 2.44 bits per heavy atom. The second-order valence-electron chi connectivity index (χ2n) is 3.76. The molecule has 1 aromatic carbocycles. The number of carbonyl (C=O) groups is 2. The molecule has 0 fully saturated rings. The Morgan fingerprint density at radius 2 is 1.89 bits per heavy atom. The van der Waals surface area contributed by atoms with Crippen LogP contribution in [0.4, 0.5) is 10.5 Å². The minimum atomic E-state index is -0.712. The first-order valence-electron chi connectivity index (χ1n) is 5.84. The quantitative estimate of drug-likeness (QED) is 0.496. The Labute approximate surface area is 106 Å². The summed E-state index contributed by atoms with van der Waals surface area (Å²) in [5, 5.41) is 2.62. The molecular formula is C13H17NO4. The smallest absolute Gasteiger partial charge is 0.434 e. The molecule has 0 saturated heterocycles. The number of rotatable bonds is 5. The van der Waals surface area contributed by atoms with Crippen LogP contribution in [0.5, 0.6) is 5.75 Å². The minimum absolute atomic E-state index is 0.150. The normalized spacial score (nSPS) is 9.67. The summed E-state index contributed by atoms with van der Waals surface area (Å²) < 4.78 is 9.80. The number of amides is 1. The van der Waals surface area contributed by atoms with Crippen molar-refractivity contribution in [2.24, 2.45) is 0 Å². The van der Waals surface area contributed by atoms with Gasteiger partial charge in [-0.2, -0.15) is 0 Å². The third-order valence-electron chi connectivity index (χ3n) is 2.09. The molecule has 0 saturated carbocycles. The fourth-order valence-electron chi connectivity index (χ4n) is 1.24. The summed E-state index contributed by atoms with van der Waals surface area (Å²) in [7, 11) is 0. The van der Waals surface area contributed by atoms with Gasteiger partial charge in [-0.25, -0.2) is 4.79 Å². The SMILES string of the molecule is CCCCOC(=O)Oc1ccc(NC(C)=O)cc1. The summed E-state index contributed by atoms with van der Waals surface area (Å²) in [6.45, 7) is 3.80. The van der Waals surface area contributed by atoms with Crippen molar-refractivity contribution >= 4 is 17.7 Å². The molecule has 0 unspecified atom stereocenters. The van der Waals surface area contributed by atoms with Crippen molar-refractivity contribution in [2.45, 2.75) is 26.7 Å². The van der Waals surface area contributed by atoms with Crippen LogP contribution in [-0.2, 0) is 9.53 Å². The molecule has 0 aromatic heterocycles. The molecular weight excluding hydrogens is 234 g/mol. The molecule has 0 heterocycles. The molecule has 5 nitrogen and oxygen atoms in total. The minimum Gasteiger partial charge on any atom is -0.434 e. The number of ether oxygens (including phenoxy) is 2. The van der Waals surface area contributed by atoms with Gasteiger partial charge in [0, 0.05) is 12.6 Å². The van der Waals surface area contributed by atoms with Gasteiger partial charge in [-0.3, -0.25) is 4.79 Å². The highest BCUT2D eigenvalue weighted by Gasteiger charge is 2.05. The highest BCUT2D eigenvalue weighted by molar-refractivity contribution is 5.88. The van der Waals surface area contributed by atoms with Crippen LogP contribution < -0.4 is 10.1 Å². The maximum Gasteiger partial charge on any atom is 0.513 e. The molecule has 0 atom stereocenters. The highest BCUT2D eigenvalue weighted by atomic mass is 16.7. The Morgan fingerprint density at radius 1 is 1.22 bits per heavy atom. The van der Waals surface area contributed by atoms with Crippen LogP contribution in [0.15, 0.2) is 24.3 Å². The first-order valence-corrected chi connectivity index (χ1v) is 5.84. The van der Waals surface area contributed by atoms with E-state index in [2.05, 4.69) is 5.32 Å². The highest BCUT2D eigenvalue weighted by Crippen LogP contribution is 2.16. The fourth-order valence-corrected chi connectivity index (χ4v) is 1.24. The summed E-state index contributed by atoms with van der Waals surface area (Å²) in [4.78, 5) is 22.0. The molecule has 1 N–H and O–H groups in total. The Bertz CT molecular complexity index is 400. The summed E-state index contributed by atoms with van der Waals surface area (Å²) in [6, 6.07) is 6.48. The van der Waals surface area contributed by atoms with Gasteiger partial charge in [-0.1, -0.05) is 13.3 Å². The van der Waals surface area contributed by atoms with Crippen molar-refractivity contribution < 1.29 is 19.1 Å². The third kappa shape index (κ3) is 5.34. The lowest BCUT2D eigenvalue weighted by Gasteiger charge is -2.06. The van der Waals surface area contributed by atoms with Gasteiger partial charge in [-0.05, 0) is 30.7 Å². The van der Waals surface area contributed by atoms with Crippen LogP contribution in [0.3, 0.4) is 0 Å². The molecule has 0 aliphatic rings. The Hall–Kier alpha value is -2.04. The van der Waals surface area contributed by atoms with Gasteiger partial charge in [0.25, 0.3) is 0 Å². The fraction of sp³-hybridized carbons (Fsp3) is 0.385. The number of anilines is 1. The van der Waals surface area contributed by atoms with Crippen LogP contribution in [0.1, 0.15) is 26.7 Å². The van der Waals surface area contributed by atoms with Gasteiger partial charge in [0.05, 0.1) is 6.61 Å². The first-order chi connectivity index (χ1) is 8.61. The molecule has 1 amide bonds. The molecule has 1 rings (SSSR count).